The molecule has 3 heterocycles. The van der Waals surface area contributed by atoms with E-state index in [4.69, 9.17) is 5.73 Å². The van der Waals surface area contributed by atoms with Crippen LogP contribution in [0.1, 0.15) is 24.2 Å². The standard InChI is InChI=1S/C20H24FN5O2/c1-12-6-18(22)26(23-12)11-19(28)24-8-15-9-25(13(2)27)20(17(15)10-24)14-4-3-5-16(21)7-14/h3-7,15,17,20H,8-11,22H2,1-2H3/t15-,17-,20-/m1/s1. The molecule has 2 N–H and O–H groups in total. The number of hydrogen-bond donors (Lipinski definition) is 1. The van der Waals surface area contributed by atoms with Gasteiger partial charge in [-0.15, -0.1) is 0 Å². The Labute approximate surface area is 162 Å². The summed E-state index contributed by atoms with van der Waals surface area (Å²) in [6.45, 7) is 5.17. The molecule has 0 aliphatic carbocycles. The maximum absolute atomic E-state index is 13.8. The van der Waals surface area contributed by atoms with E-state index < -0.39 is 0 Å². The van der Waals surface area contributed by atoms with Crippen molar-refractivity contribution in [2.45, 2.75) is 26.4 Å². The molecule has 2 saturated heterocycles. The van der Waals surface area contributed by atoms with Crippen LogP contribution in [0.15, 0.2) is 30.3 Å². The molecule has 0 unspecified atom stereocenters. The van der Waals surface area contributed by atoms with Gasteiger partial charge in [-0.3, -0.25) is 9.59 Å². The molecular formula is C20H24FN5O2. The number of nitrogens with two attached hydrogens (primary N) is 1. The van der Waals surface area contributed by atoms with Crippen molar-refractivity contribution in [3.8, 4) is 0 Å². The summed E-state index contributed by atoms with van der Waals surface area (Å²) in [5.41, 5.74) is 7.45. The Morgan fingerprint density at radius 3 is 2.68 bits per heavy atom. The van der Waals surface area contributed by atoms with E-state index in [9.17, 15) is 14.0 Å². The Morgan fingerprint density at radius 2 is 2.04 bits per heavy atom. The number of aromatic nitrogens is 2. The zero-order valence-electron chi connectivity index (χ0n) is 16.0. The third kappa shape index (κ3) is 3.23. The van der Waals surface area contributed by atoms with Crippen LogP contribution in [0.4, 0.5) is 10.2 Å². The van der Waals surface area contributed by atoms with Crippen LogP contribution in [0.5, 0.6) is 0 Å². The van der Waals surface area contributed by atoms with E-state index >= 15 is 0 Å². The average Bonchev–Trinajstić information content (AvgIpc) is 3.27. The molecule has 1 aromatic heterocycles. The number of amides is 2. The van der Waals surface area contributed by atoms with Crippen LogP contribution >= 0.6 is 0 Å². The number of carbonyl (C=O) groups excluding carboxylic acids is 2. The second-order valence-electron chi connectivity index (χ2n) is 7.76. The first-order chi connectivity index (χ1) is 13.3. The maximum Gasteiger partial charge on any atom is 0.244 e. The van der Waals surface area contributed by atoms with Crippen molar-refractivity contribution in [3.05, 3.63) is 47.4 Å². The summed E-state index contributed by atoms with van der Waals surface area (Å²) in [5, 5.41) is 4.25. The minimum atomic E-state index is -0.320. The van der Waals surface area contributed by atoms with Gasteiger partial charge >= 0.3 is 0 Å². The molecule has 0 bridgehead atoms. The summed E-state index contributed by atoms with van der Waals surface area (Å²) in [6, 6.07) is 7.92. The summed E-state index contributed by atoms with van der Waals surface area (Å²) in [7, 11) is 0. The average molecular weight is 385 g/mol. The van der Waals surface area contributed by atoms with Gasteiger partial charge < -0.3 is 15.5 Å². The first kappa shape index (κ1) is 18.5. The predicted octanol–water partition coefficient (Wildman–Crippen LogP) is 1.59. The number of carbonyl (C=O) groups is 2. The molecule has 8 heteroatoms. The van der Waals surface area contributed by atoms with Crippen LogP contribution in [0, 0.1) is 24.6 Å². The maximum atomic E-state index is 13.8. The lowest BCUT2D eigenvalue weighted by molar-refractivity contribution is -0.132. The van der Waals surface area contributed by atoms with E-state index in [1.807, 2.05) is 17.9 Å². The molecule has 0 spiro atoms. The van der Waals surface area contributed by atoms with Crippen LogP contribution in [0.2, 0.25) is 0 Å². The molecule has 2 aliphatic rings. The normalized spacial score (nSPS) is 23.9. The lowest BCUT2D eigenvalue weighted by Gasteiger charge is -2.29. The fourth-order valence-electron chi connectivity index (χ4n) is 4.61. The molecule has 1 aromatic carbocycles. The van der Waals surface area contributed by atoms with Crippen molar-refractivity contribution in [2.24, 2.45) is 11.8 Å². The highest BCUT2D eigenvalue weighted by Gasteiger charge is 2.49. The van der Waals surface area contributed by atoms with Gasteiger partial charge in [-0.05, 0) is 24.6 Å². The second kappa shape index (κ2) is 6.92. The Balaban J connectivity index is 1.53. The van der Waals surface area contributed by atoms with Gasteiger partial charge in [-0.1, -0.05) is 12.1 Å². The zero-order valence-corrected chi connectivity index (χ0v) is 16.0. The summed E-state index contributed by atoms with van der Waals surface area (Å²) >= 11 is 0. The van der Waals surface area contributed by atoms with E-state index in [0.29, 0.717) is 25.5 Å². The van der Waals surface area contributed by atoms with E-state index in [2.05, 4.69) is 5.10 Å². The van der Waals surface area contributed by atoms with Gasteiger partial charge in [0.2, 0.25) is 11.8 Å². The number of hydrogen-bond acceptors (Lipinski definition) is 4. The van der Waals surface area contributed by atoms with Crippen molar-refractivity contribution in [2.75, 3.05) is 25.4 Å². The largest absolute Gasteiger partial charge is 0.384 e. The number of nitrogen functional groups attached to an aromatic ring is 1. The molecular weight excluding hydrogens is 361 g/mol. The number of anilines is 1. The molecule has 2 amide bonds. The highest BCUT2D eigenvalue weighted by Crippen LogP contribution is 2.45. The fourth-order valence-corrected chi connectivity index (χ4v) is 4.61. The van der Waals surface area contributed by atoms with E-state index in [-0.39, 0.29) is 42.1 Å². The molecule has 0 radical (unpaired) electrons. The van der Waals surface area contributed by atoms with Crippen LogP contribution in [0.25, 0.3) is 0 Å². The van der Waals surface area contributed by atoms with Gasteiger partial charge in [-0.25, -0.2) is 9.07 Å². The van der Waals surface area contributed by atoms with Crippen LogP contribution < -0.4 is 5.73 Å². The quantitative estimate of drug-likeness (QED) is 0.870. The zero-order chi connectivity index (χ0) is 20.0. The van der Waals surface area contributed by atoms with Gasteiger partial charge in [0.1, 0.15) is 18.2 Å². The van der Waals surface area contributed by atoms with Gasteiger partial charge in [-0.2, -0.15) is 5.10 Å². The smallest absolute Gasteiger partial charge is 0.244 e. The summed E-state index contributed by atoms with van der Waals surface area (Å²) < 4.78 is 15.3. The fraction of sp³-hybridized carbons (Fsp3) is 0.450. The molecule has 2 aromatic rings. The monoisotopic (exact) mass is 385 g/mol. The molecule has 4 rings (SSSR count). The Hall–Kier alpha value is -2.90. The highest BCUT2D eigenvalue weighted by atomic mass is 19.1. The number of aryl methyl sites for hydroxylation is 1. The van der Waals surface area contributed by atoms with Crippen molar-refractivity contribution in [1.29, 1.82) is 0 Å². The first-order valence-corrected chi connectivity index (χ1v) is 9.44. The molecule has 7 nitrogen and oxygen atoms in total. The number of nitrogens with zero attached hydrogens (tertiary/aromatic N) is 4. The van der Waals surface area contributed by atoms with Gasteiger partial charge in [0, 0.05) is 44.5 Å². The second-order valence-corrected chi connectivity index (χ2v) is 7.76. The highest BCUT2D eigenvalue weighted by molar-refractivity contribution is 5.77. The molecule has 2 fully saturated rings. The first-order valence-electron chi connectivity index (χ1n) is 9.44. The number of fused-ring (bicyclic) bond motifs is 1. The predicted molar refractivity (Wildman–Crippen MR) is 101 cm³/mol. The minimum Gasteiger partial charge on any atom is -0.384 e. The van der Waals surface area contributed by atoms with E-state index in [1.165, 1.54) is 16.8 Å². The van der Waals surface area contributed by atoms with Crippen molar-refractivity contribution in [3.63, 3.8) is 0 Å². The summed E-state index contributed by atoms with van der Waals surface area (Å²) in [5.74, 6) is 0.340. The van der Waals surface area contributed by atoms with Gasteiger partial charge in [0.25, 0.3) is 0 Å². The molecule has 0 saturated carbocycles. The lowest BCUT2D eigenvalue weighted by Crippen LogP contribution is -2.38. The van der Waals surface area contributed by atoms with Gasteiger partial charge in [0.05, 0.1) is 11.7 Å². The molecule has 148 valence electrons. The number of halogens is 1. The summed E-state index contributed by atoms with van der Waals surface area (Å²) in [4.78, 5) is 28.6. The number of rotatable bonds is 3. The van der Waals surface area contributed by atoms with Crippen LogP contribution in [-0.4, -0.2) is 51.0 Å². The summed E-state index contributed by atoms with van der Waals surface area (Å²) in [6.07, 6.45) is 0. The van der Waals surface area contributed by atoms with Crippen molar-refractivity contribution < 1.29 is 14.0 Å². The van der Waals surface area contributed by atoms with Crippen LogP contribution in [0.3, 0.4) is 0 Å². The van der Waals surface area contributed by atoms with E-state index in [0.717, 1.165) is 11.3 Å². The van der Waals surface area contributed by atoms with E-state index in [1.54, 1.807) is 24.0 Å². The van der Waals surface area contributed by atoms with Crippen LogP contribution in [-0.2, 0) is 16.1 Å². The Bertz CT molecular complexity index is 927. The Morgan fingerprint density at radius 1 is 1.25 bits per heavy atom. The molecule has 28 heavy (non-hydrogen) atoms. The molecule has 2 aliphatic heterocycles. The van der Waals surface area contributed by atoms with Gasteiger partial charge in [0.15, 0.2) is 0 Å². The SMILES string of the molecule is CC(=O)N1C[C@H]2CN(C(=O)Cn3nc(C)cc3N)C[C@H]2[C@H]1c1cccc(F)c1. The minimum absolute atomic E-state index is 0.0265. The van der Waals surface area contributed by atoms with Crippen molar-refractivity contribution in [1.82, 2.24) is 19.6 Å². The third-order valence-corrected chi connectivity index (χ3v) is 5.83. The van der Waals surface area contributed by atoms with Crippen molar-refractivity contribution >= 4 is 17.6 Å². The topological polar surface area (TPSA) is 84.5 Å². The Kier molecular flexibility index (Phi) is 4.56. The molecule has 3 atom stereocenters. The number of benzene rings is 1. The lowest BCUT2D eigenvalue weighted by atomic mass is 9.89. The number of likely N-dealkylation sites (tertiary alicyclic amines) is 2. The third-order valence-electron chi connectivity index (χ3n) is 5.83.